The summed E-state index contributed by atoms with van der Waals surface area (Å²) in [7, 11) is 0. The Kier molecular flexibility index (Phi) is 12.4. The Hall–Kier alpha value is -3.20. The predicted octanol–water partition coefficient (Wildman–Crippen LogP) is 2.57. The smallest absolute Gasteiger partial charge is 0.338 e. The van der Waals surface area contributed by atoms with Gasteiger partial charge in [-0.25, -0.2) is 4.79 Å². The van der Waals surface area contributed by atoms with Crippen LogP contribution in [0.25, 0.3) is 0 Å². The zero-order valence-corrected chi connectivity index (χ0v) is 25.9. The normalized spacial score (nSPS) is 32.2. The molecule has 2 aliphatic heterocycles. The quantitative estimate of drug-likeness (QED) is 0.275. The van der Waals surface area contributed by atoms with Gasteiger partial charge in [0.05, 0.1) is 17.8 Å². The second kappa shape index (κ2) is 15.5. The Morgan fingerprint density at radius 3 is 1.70 bits per heavy atom. The number of thioether (sulfide) groups is 1. The van der Waals surface area contributed by atoms with Crippen LogP contribution in [0, 0.1) is 0 Å². The van der Waals surface area contributed by atoms with Gasteiger partial charge in [0, 0.05) is 27.7 Å². The molecule has 1 aromatic rings. The second-order valence-corrected chi connectivity index (χ2v) is 11.4. The van der Waals surface area contributed by atoms with E-state index >= 15 is 0 Å². The molecule has 43 heavy (non-hydrogen) atoms. The van der Waals surface area contributed by atoms with E-state index in [1.807, 2.05) is 6.92 Å². The summed E-state index contributed by atoms with van der Waals surface area (Å²) < 4.78 is 46.5. The minimum absolute atomic E-state index is 0.266. The standard InChI is InChI=1S/C29H38O13S/c1-8-43-29-26(40-19(7)33)24(22(15(3)36-29)41-27(34)20-12-10-9-11-13-20)42-28-25(39-18(6)32)23(38-17(5)31)21(14(2)35-28)37-16(4)30/h9-15,21-26,28-29H,8H2,1-7H3/t14-,15-,21-,22-,23+,24+,25+,26+,28-,29-/m0/s1. The average Bonchev–Trinajstić information content (AvgIpc) is 2.92. The van der Waals surface area contributed by atoms with Crippen LogP contribution in [0.1, 0.15) is 58.8 Å². The lowest BCUT2D eigenvalue weighted by molar-refractivity contribution is -0.333. The predicted molar refractivity (Wildman–Crippen MR) is 150 cm³/mol. The third kappa shape index (κ3) is 9.15. The van der Waals surface area contributed by atoms with Crippen LogP contribution in [-0.2, 0) is 57.1 Å². The van der Waals surface area contributed by atoms with Gasteiger partial charge >= 0.3 is 29.8 Å². The summed E-state index contributed by atoms with van der Waals surface area (Å²) in [6.07, 6.45) is -10.5. The zero-order valence-electron chi connectivity index (χ0n) is 25.1. The topological polar surface area (TPSA) is 159 Å². The molecule has 0 radical (unpaired) electrons. The number of esters is 5. The van der Waals surface area contributed by atoms with Gasteiger partial charge in [-0.3, -0.25) is 19.2 Å². The molecule has 238 valence electrons. The summed E-state index contributed by atoms with van der Waals surface area (Å²) >= 11 is 1.34. The molecule has 0 N–H and O–H groups in total. The molecule has 0 aromatic heterocycles. The van der Waals surface area contributed by atoms with E-state index in [4.69, 9.17) is 37.9 Å². The maximum absolute atomic E-state index is 13.2. The summed E-state index contributed by atoms with van der Waals surface area (Å²) in [5, 5.41) is 0. The fourth-order valence-corrected chi connectivity index (χ4v) is 5.89. The van der Waals surface area contributed by atoms with Gasteiger partial charge in [0.15, 0.2) is 36.8 Å². The molecule has 13 nitrogen and oxygen atoms in total. The number of hydrogen-bond acceptors (Lipinski definition) is 14. The van der Waals surface area contributed by atoms with Crippen molar-refractivity contribution in [1.29, 1.82) is 0 Å². The van der Waals surface area contributed by atoms with Crippen molar-refractivity contribution in [2.45, 2.75) is 109 Å². The highest BCUT2D eigenvalue weighted by molar-refractivity contribution is 7.99. The van der Waals surface area contributed by atoms with Crippen molar-refractivity contribution in [1.82, 2.24) is 0 Å². The second-order valence-electron chi connectivity index (χ2n) is 10.0. The van der Waals surface area contributed by atoms with Crippen molar-refractivity contribution in [2.75, 3.05) is 5.75 Å². The molecule has 0 saturated carbocycles. The van der Waals surface area contributed by atoms with E-state index in [0.717, 1.165) is 13.8 Å². The zero-order chi connectivity index (χ0) is 31.8. The average molecular weight is 627 g/mol. The van der Waals surface area contributed by atoms with Crippen molar-refractivity contribution >= 4 is 41.6 Å². The molecule has 10 atom stereocenters. The molecule has 2 heterocycles. The monoisotopic (exact) mass is 626 g/mol. The van der Waals surface area contributed by atoms with E-state index in [-0.39, 0.29) is 5.56 Å². The van der Waals surface area contributed by atoms with Crippen LogP contribution in [0.15, 0.2) is 30.3 Å². The summed E-state index contributed by atoms with van der Waals surface area (Å²) in [6, 6.07) is 8.26. The van der Waals surface area contributed by atoms with E-state index in [1.54, 1.807) is 44.2 Å². The van der Waals surface area contributed by atoms with Crippen molar-refractivity contribution in [2.24, 2.45) is 0 Å². The van der Waals surface area contributed by atoms with Crippen LogP contribution in [0.5, 0.6) is 0 Å². The van der Waals surface area contributed by atoms with Crippen molar-refractivity contribution in [3.63, 3.8) is 0 Å². The van der Waals surface area contributed by atoms with Gasteiger partial charge in [-0.2, -0.15) is 0 Å². The minimum Gasteiger partial charge on any atom is -0.456 e. The van der Waals surface area contributed by atoms with Crippen LogP contribution in [0.3, 0.4) is 0 Å². The summed E-state index contributed by atoms with van der Waals surface area (Å²) in [6.45, 7) is 9.80. The fourth-order valence-electron chi connectivity index (χ4n) is 4.91. The van der Waals surface area contributed by atoms with Crippen LogP contribution in [0.2, 0.25) is 0 Å². The molecule has 14 heteroatoms. The Balaban J connectivity index is 2.06. The van der Waals surface area contributed by atoms with Crippen LogP contribution < -0.4 is 0 Å². The lowest BCUT2D eigenvalue weighted by Crippen LogP contribution is -2.65. The van der Waals surface area contributed by atoms with Gasteiger partial charge in [0.25, 0.3) is 0 Å². The van der Waals surface area contributed by atoms with E-state index in [0.29, 0.717) is 5.75 Å². The van der Waals surface area contributed by atoms with Gasteiger partial charge in [-0.05, 0) is 31.7 Å². The van der Waals surface area contributed by atoms with Gasteiger partial charge in [0.1, 0.15) is 11.5 Å². The highest BCUT2D eigenvalue weighted by Gasteiger charge is 2.56. The first kappa shape index (κ1) is 34.3. The number of rotatable bonds is 10. The molecule has 2 aliphatic rings. The van der Waals surface area contributed by atoms with Crippen LogP contribution in [0.4, 0.5) is 0 Å². The maximum atomic E-state index is 13.2. The SMILES string of the molecule is CCS[C@@H]1O[C@@H](C)[C@H](OC(=O)c2ccccc2)[C@@H](O[C@@H]2O[C@@H](C)[C@H](OC(C)=O)[C@@H](OC(C)=O)[C@H]2OC(C)=O)[C@H]1OC(C)=O. The van der Waals surface area contributed by atoms with Crippen LogP contribution >= 0.6 is 11.8 Å². The molecule has 0 amide bonds. The third-order valence-electron chi connectivity index (χ3n) is 6.54. The molecular formula is C29H38O13S. The maximum Gasteiger partial charge on any atom is 0.338 e. The molecule has 0 aliphatic carbocycles. The Bertz CT molecular complexity index is 1140. The van der Waals surface area contributed by atoms with Crippen LogP contribution in [-0.4, -0.2) is 96.2 Å². The first-order chi connectivity index (χ1) is 20.3. The summed E-state index contributed by atoms with van der Waals surface area (Å²) in [4.78, 5) is 61.6. The van der Waals surface area contributed by atoms with Crippen molar-refractivity contribution in [3.05, 3.63) is 35.9 Å². The number of ether oxygens (including phenoxy) is 8. The molecule has 0 unspecified atom stereocenters. The third-order valence-corrected chi connectivity index (χ3v) is 7.58. The van der Waals surface area contributed by atoms with Crippen molar-refractivity contribution in [3.8, 4) is 0 Å². The largest absolute Gasteiger partial charge is 0.456 e. The van der Waals surface area contributed by atoms with Gasteiger partial charge in [-0.15, -0.1) is 11.8 Å². The number of benzene rings is 1. The molecule has 0 bridgehead atoms. The molecule has 2 saturated heterocycles. The number of carbonyl (C=O) groups excluding carboxylic acids is 5. The minimum atomic E-state index is -1.45. The molecule has 1 aromatic carbocycles. The molecule has 2 fully saturated rings. The first-order valence-electron chi connectivity index (χ1n) is 13.8. The Morgan fingerprint density at radius 2 is 1.14 bits per heavy atom. The first-order valence-corrected chi connectivity index (χ1v) is 14.9. The van der Waals surface area contributed by atoms with Gasteiger partial charge in [-0.1, -0.05) is 25.1 Å². The number of carbonyl (C=O) groups is 5. The number of hydrogen-bond donors (Lipinski definition) is 0. The van der Waals surface area contributed by atoms with E-state index in [9.17, 15) is 24.0 Å². The van der Waals surface area contributed by atoms with E-state index < -0.39 is 90.4 Å². The molecule has 0 spiro atoms. The van der Waals surface area contributed by atoms with E-state index in [1.165, 1.54) is 25.6 Å². The van der Waals surface area contributed by atoms with E-state index in [2.05, 4.69) is 0 Å². The highest BCUT2D eigenvalue weighted by atomic mass is 32.2. The highest BCUT2D eigenvalue weighted by Crippen LogP contribution is 2.37. The lowest BCUT2D eigenvalue weighted by Gasteiger charge is -2.48. The lowest BCUT2D eigenvalue weighted by atomic mass is 9.97. The van der Waals surface area contributed by atoms with Gasteiger partial charge in [0.2, 0.25) is 0 Å². The summed E-state index contributed by atoms with van der Waals surface area (Å²) in [5.41, 5.74) is -0.464. The molecular weight excluding hydrogens is 588 g/mol. The molecule has 3 rings (SSSR count). The summed E-state index contributed by atoms with van der Waals surface area (Å²) in [5.74, 6) is -2.92. The van der Waals surface area contributed by atoms with Crippen molar-refractivity contribution < 1.29 is 61.9 Å². The Labute approximate surface area is 254 Å². The fraction of sp³-hybridized carbons (Fsp3) is 0.621. The Morgan fingerprint density at radius 1 is 0.651 bits per heavy atom. The van der Waals surface area contributed by atoms with Gasteiger partial charge < -0.3 is 37.9 Å².